The third kappa shape index (κ3) is 2.26. The Morgan fingerprint density at radius 1 is 1.14 bits per heavy atom. The van der Waals surface area contributed by atoms with E-state index in [4.69, 9.17) is 0 Å². The van der Waals surface area contributed by atoms with Gasteiger partial charge in [0.1, 0.15) is 0 Å². The van der Waals surface area contributed by atoms with Crippen LogP contribution in [0.4, 0.5) is 5.95 Å². The highest BCUT2D eigenvalue weighted by Crippen LogP contribution is 2.22. The molecule has 22 heavy (non-hydrogen) atoms. The standard InChI is InChI=1S/C18H17N3O/c1-12-16(19-18(20-17(12)22)21-9-10-21)11-14-7-4-6-13-5-2-3-8-15(13)14/h2-8H,9-11H2,1H3,(H,19,20,22). The lowest BCUT2D eigenvalue weighted by Crippen LogP contribution is -2.18. The molecule has 0 bridgehead atoms. The third-order valence-corrected chi connectivity index (χ3v) is 4.22. The van der Waals surface area contributed by atoms with Crippen LogP contribution in [0.1, 0.15) is 16.8 Å². The largest absolute Gasteiger partial charge is 0.339 e. The van der Waals surface area contributed by atoms with Crippen molar-refractivity contribution in [1.82, 2.24) is 9.97 Å². The molecule has 2 aromatic carbocycles. The van der Waals surface area contributed by atoms with Crippen molar-refractivity contribution >= 4 is 16.7 Å². The van der Waals surface area contributed by atoms with Gasteiger partial charge in [-0.1, -0.05) is 42.5 Å². The van der Waals surface area contributed by atoms with Gasteiger partial charge in [0.15, 0.2) is 0 Å². The molecule has 1 aromatic heterocycles. The van der Waals surface area contributed by atoms with Crippen LogP contribution in [0.15, 0.2) is 47.3 Å². The van der Waals surface area contributed by atoms with Crippen LogP contribution in [-0.4, -0.2) is 23.1 Å². The molecule has 0 aliphatic carbocycles. The molecule has 0 spiro atoms. The van der Waals surface area contributed by atoms with E-state index < -0.39 is 0 Å². The Hall–Kier alpha value is -2.62. The van der Waals surface area contributed by atoms with Gasteiger partial charge >= 0.3 is 0 Å². The predicted molar refractivity (Wildman–Crippen MR) is 88.6 cm³/mol. The smallest absolute Gasteiger partial charge is 0.255 e. The summed E-state index contributed by atoms with van der Waals surface area (Å²) in [7, 11) is 0. The van der Waals surface area contributed by atoms with Crippen molar-refractivity contribution in [3.05, 3.63) is 69.6 Å². The molecule has 1 fully saturated rings. The first-order valence-electron chi connectivity index (χ1n) is 7.54. The number of nitrogens with zero attached hydrogens (tertiary/aromatic N) is 2. The Balaban J connectivity index is 1.81. The fraction of sp³-hybridized carbons (Fsp3) is 0.222. The van der Waals surface area contributed by atoms with Crippen LogP contribution in [-0.2, 0) is 6.42 Å². The number of benzene rings is 2. The molecule has 1 saturated heterocycles. The van der Waals surface area contributed by atoms with Crippen LogP contribution in [0.25, 0.3) is 10.8 Å². The molecule has 0 atom stereocenters. The van der Waals surface area contributed by atoms with Crippen LogP contribution in [0.2, 0.25) is 0 Å². The van der Waals surface area contributed by atoms with E-state index in [9.17, 15) is 4.79 Å². The number of hydrogen-bond donors (Lipinski definition) is 1. The second-order valence-corrected chi connectivity index (χ2v) is 5.76. The molecular weight excluding hydrogens is 274 g/mol. The van der Waals surface area contributed by atoms with Gasteiger partial charge in [-0.3, -0.25) is 9.78 Å². The molecule has 2 heterocycles. The summed E-state index contributed by atoms with van der Waals surface area (Å²) in [6.07, 6.45) is 0.679. The Morgan fingerprint density at radius 2 is 1.91 bits per heavy atom. The maximum absolute atomic E-state index is 12.1. The summed E-state index contributed by atoms with van der Waals surface area (Å²) in [5, 5.41) is 2.44. The van der Waals surface area contributed by atoms with Crippen molar-refractivity contribution in [3.8, 4) is 0 Å². The number of aromatic amines is 1. The van der Waals surface area contributed by atoms with Gasteiger partial charge in [0, 0.05) is 25.1 Å². The lowest BCUT2D eigenvalue weighted by Gasteiger charge is -2.10. The van der Waals surface area contributed by atoms with E-state index >= 15 is 0 Å². The molecule has 1 aliphatic heterocycles. The van der Waals surface area contributed by atoms with Gasteiger partial charge in [-0.25, -0.2) is 4.98 Å². The first kappa shape index (κ1) is 13.1. The van der Waals surface area contributed by atoms with Gasteiger partial charge in [0.05, 0.1) is 5.69 Å². The number of aromatic nitrogens is 2. The topological polar surface area (TPSA) is 48.8 Å². The molecule has 0 amide bonds. The van der Waals surface area contributed by atoms with Crippen LogP contribution < -0.4 is 10.5 Å². The minimum Gasteiger partial charge on any atom is -0.339 e. The zero-order valence-electron chi connectivity index (χ0n) is 12.5. The van der Waals surface area contributed by atoms with Gasteiger partial charge in [-0.2, -0.15) is 0 Å². The van der Waals surface area contributed by atoms with Gasteiger partial charge < -0.3 is 4.90 Å². The fourth-order valence-corrected chi connectivity index (χ4v) is 2.78. The quantitative estimate of drug-likeness (QED) is 0.755. The van der Waals surface area contributed by atoms with E-state index in [-0.39, 0.29) is 5.56 Å². The second kappa shape index (κ2) is 4.98. The normalized spacial score (nSPS) is 13.6. The minimum absolute atomic E-state index is 0.0351. The van der Waals surface area contributed by atoms with E-state index in [2.05, 4.69) is 45.2 Å². The first-order chi connectivity index (χ1) is 10.7. The second-order valence-electron chi connectivity index (χ2n) is 5.76. The molecular formula is C18H17N3O. The molecule has 0 unspecified atom stereocenters. The Kier molecular flexibility index (Phi) is 2.96. The van der Waals surface area contributed by atoms with Crippen molar-refractivity contribution in [2.75, 3.05) is 18.0 Å². The predicted octanol–water partition coefficient (Wildman–Crippen LogP) is 2.64. The fourth-order valence-electron chi connectivity index (χ4n) is 2.78. The first-order valence-corrected chi connectivity index (χ1v) is 7.54. The Morgan fingerprint density at radius 3 is 2.73 bits per heavy atom. The Labute approximate surface area is 128 Å². The van der Waals surface area contributed by atoms with Gasteiger partial charge in [-0.15, -0.1) is 0 Å². The summed E-state index contributed by atoms with van der Waals surface area (Å²) in [6.45, 7) is 3.79. The summed E-state index contributed by atoms with van der Waals surface area (Å²) in [4.78, 5) is 21.7. The average molecular weight is 291 g/mol. The van der Waals surface area contributed by atoms with E-state index in [1.54, 1.807) is 0 Å². The van der Waals surface area contributed by atoms with E-state index in [0.717, 1.165) is 18.8 Å². The Bertz CT molecular complexity index is 904. The summed E-state index contributed by atoms with van der Waals surface area (Å²) in [6, 6.07) is 14.6. The molecule has 3 aromatic rings. The lowest BCUT2D eigenvalue weighted by atomic mass is 9.99. The lowest BCUT2D eigenvalue weighted by molar-refractivity contribution is 0.959. The summed E-state index contributed by atoms with van der Waals surface area (Å²) >= 11 is 0. The number of fused-ring (bicyclic) bond motifs is 1. The number of hydrogen-bond acceptors (Lipinski definition) is 3. The van der Waals surface area contributed by atoms with Gasteiger partial charge in [0.2, 0.25) is 5.95 Å². The molecule has 110 valence electrons. The van der Waals surface area contributed by atoms with E-state index in [1.165, 1.54) is 16.3 Å². The number of H-pyrrole nitrogens is 1. The summed E-state index contributed by atoms with van der Waals surface area (Å²) < 4.78 is 0. The van der Waals surface area contributed by atoms with Crippen LogP contribution in [0.5, 0.6) is 0 Å². The van der Waals surface area contributed by atoms with Crippen molar-refractivity contribution in [2.45, 2.75) is 13.3 Å². The molecule has 1 aliphatic rings. The zero-order valence-corrected chi connectivity index (χ0v) is 12.5. The highest BCUT2D eigenvalue weighted by Gasteiger charge is 2.22. The molecule has 0 saturated carbocycles. The van der Waals surface area contributed by atoms with Crippen LogP contribution in [0.3, 0.4) is 0 Å². The van der Waals surface area contributed by atoms with Gasteiger partial charge in [0.25, 0.3) is 5.56 Å². The monoisotopic (exact) mass is 291 g/mol. The minimum atomic E-state index is -0.0351. The third-order valence-electron chi connectivity index (χ3n) is 4.22. The van der Waals surface area contributed by atoms with Crippen molar-refractivity contribution in [3.63, 3.8) is 0 Å². The molecule has 1 N–H and O–H groups in total. The van der Waals surface area contributed by atoms with Crippen molar-refractivity contribution < 1.29 is 0 Å². The number of rotatable bonds is 3. The highest BCUT2D eigenvalue weighted by atomic mass is 16.1. The summed E-state index contributed by atoms with van der Waals surface area (Å²) in [5.74, 6) is 0.700. The van der Waals surface area contributed by atoms with Crippen LogP contribution in [0, 0.1) is 6.92 Å². The molecule has 4 heteroatoms. The molecule has 4 rings (SSSR count). The number of nitrogens with one attached hydrogen (secondary N) is 1. The van der Waals surface area contributed by atoms with Gasteiger partial charge in [-0.05, 0) is 23.3 Å². The summed E-state index contributed by atoms with van der Waals surface area (Å²) in [5.41, 5.74) is 2.74. The maximum Gasteiger partial charge on any atom is 0.255 e. The van der Waals surface area contributed by atoms with E-state index in [1.807, 2.05) is 19.1 Å². The SMILES string of the molecule is Cc1c(Cc2cccc3ccccc23)nc(N2CC2)[nH]c1=O. The molecule has 4 nitrogen and oxygen atoms in total. The maximum atomic E-state index is 12.1. The van der Waals surface area contributed by atoms with Crippen molar-refractivity contribution in [2.24, 2.45) is 0 Å². The van der Waals surface area contributed by atoms with E-state index in [0.29, 0.717) is 17.9 Å². The number of anilines is 1. The van der Waals surface area contributed by atoms with Crippen LogP contribution >= 0.6 is 0 Å². The highest BCUT2D eigenvalue weighted by molar-refractivity contribution is 5.85. The van der Waals surface area contributed by atoms with Crippen molar-refractivity contribution in [1.29, 1.82) is 0 Å². The zero-order chi connectivity index (χ0) is 15.1. The molecule has 0 radical (unpaired) electrons. The average Bonchev–Trinajstić information content (AvgIpc) is 3.37.